The molecule has 4 unspecified atom stereocenters. The third-order valence-electron chi connectivity index (χ3n) is 7.04. The van der Waals surface area contributed by atoms with Gasteiger partial charge in [-0.05, 0) is 29.1 Å². The van der Waals surface area contributed by atoms with Crippen LogP contribution in [0.4, 0.5) is 0 Å². The molecule has 2 aliphatic rings. The number of likely N-dealkylation sites (tertiary alicyclic amines) is 1. The maximum atomic E-state index is 12.9. The van der Waals surface area contributed by atoms with Crippen LogP contribution in [0.1, 0.15) is 47.5 Å². The van der Waals surface area contributed by atoms with E-state index in [4.69, 9.17) is 5.73 Å². The molecule has 5 N–H and O–H groups in total. The van der Waals surface area contributed by atoms with Gasteiger partial charge in [0.05, 0.1) is 5.92 Å². The molecule has 1 saturated heterocycles. The molecule has 7 heteroatoms. The van der Waals surface area contributed by atoms with Crippen LogP contribution in [0, 0.1) is 28.6 Å². The molecule has 2 fully saturated rings. The summed E-state index contributed by atoms with van der Waals surface area (Å²) in [7, 11) is 0. The zero-order chi connectivity index (χ0) is 21.7. The third kappa shape index (κ3) is 6.23. The number of nitrogens with zero attached hydrogens (tertiary/aromatic N) is 1. The van der Waals surface area contributed by atoms with E-state index in [0.29, 0.717) is 32.0 Å². The van der Waals surface area contributed by atoms with Gasteiger partial charge in [0.15, 0.2) is 0 Å². The Morgan fingerprint density at radius 1 is 1.07 bits per heavy atom. The lowest BCUT2D eigenvalue weighted by Crippen LogP contribution is -2.40. The normalized spacial score (nSPS) is 28.3. The number of nitrogens with two attached hydrogens (primary N) is 1. The summed E-state index contributed by atoms with van der Waals surface area (Å²) >= 11 is 0. The molecule has 0 radical (unpaired) electrons. The molecular weight excluding hydrogens is 366 g/mol. The lowest BCUT2D eigenvalue weighted by molar-refractivity contribution is -0.140. The summed E-state index contributed by atoms with van der Waals surface area (Å²) in [6, 6.07) is 0. The standard InChI is InChI=1S/C22H43N5O2/c1-16(22(5)15-18(22)21(2,3)4)17-14-19(28)27(20(17)29)13-12-26-11-10-25-9-8-24-7-6-23/h16-18,24-26H,6-15,23H2,1-5H3. The maximum Gasteiger partial charge on any atom is 0.233 e. The van der Waals surface area contributed by atoms with Gasteiger partial charge in [0.2, 0.25) is 11.8 Å². The Morgan fingerprint density at radius 2 is 1.62 bits per heavy atom. The van der Waals surface area contributed by atoms with E-state index in [1.54, 1.807) is 0 Å². The minimum Gasteiger partial charge on any atom is -0.329 e. The number of carbonyl (C=O) groups is 2. The molecule has 7 nitrogen and oxygen atoms in total. The molecule has 0 bridgehead atoms. The number of rotatable bonds is 13. The lowest BCUT2D eigenvalue weighted by atomic mass is 9.74. The van der Waals surface area contributed by atoms with Crippen LogP contribution in [0.25, 0.3) is 0 Å². The van der Waals surface area contributed by atoms with E-state index in [2.05, 4.69) is 50.6 Å². The number of amides is 2. The van der Waals surface area contributed by atoms with E-state index >= 15 is 0 Å². The molecule has 0 aromatic rings. The second kappa shape index (κ2) is 10.3. The minimum atomic E-state index is -0.150. The van der Waals surface area contributed by atoms with Gasteiger partial charge in [-0.15, -0.1) is 0 Å². The zero-order valence-corrected chi connectivity index (χ0v) is 19.1. The van der Waals surface area contributed by atoms with E-state index in [-0.39, 0.29) is 34.5 Å². The van der Waals surface area contributed by atoms with Crippen LogP contribution in [0.15, 0.2) is 0 Å². The molecule has 1 aliphatic heterocycles. The first-order valence-corrected chi connectivity index (χ1v) is 11.3. The van der Waals surface area contributed by atoms with Crippen molar-refractivity contribution >= 4 is 11.8 Å². The van der Waals surface area contributed by atoms with Crippen LogP contribution >= 0.6 is 0 Å². The fourth-order valence-electron chi connectivity index (χ4n) is 4.99. The molecule has 2 rings (SSSR count). The Hall–Kier alpha value is -1.02. The number of imide groups is 1. The highest BCUT2D eigenvalue weighted by atomic mass is 16.2. The molecule has 29 heavy (non-hydrogen) atoms. The maximum absolute atomic E-state index is 12.9. The Morgan fingerprint density at radius 3 is 2.14 bits per heavy atom. The van der Waals surface area contributed by atoms with Crippen LogP contribution in [0.2, 0.25) is 0 Å². The SMILES string of the molecule is CC(C1CC(=O)N(CCNCCNCCNCCN)C1=O)C1(C)CC1C(C)(C)C. The van der Waals surface area contributed by atoms with Crippen LogP contribution in [-0.2, 0) is 9.59 Å². The summed E-state index contributed by atoms with van der Waals surface area (Å²) in [5.74, 6) is 0.755. The predicted octanol–water partition coefficient (Wildman–Crippen LogP) is 0.797. The van der Waals surface area contributed by atoms with E-state index in [1.807, 2.05) is 0 Å². The van der Waals surface area contributed by atoms with E-state index in [9.17, 15) is 9.59 Å². The van der Waals surface area contributed by atoms with Gasteiger partial charge < -0.3 is 21.7 Å². The van der Waals surface area contributed by atoms with E-state index in [0.717, 1.165) is 39.1 Å². The lowest BCUT2D eigenvalue weighted by Gasteiger charge is -2.29. The van der Waals surface area contributed by atoms with Crippen molar-refractivity contribution in [3.8, 4) is 0 Å². The first kappa shape index (κ1) is 24.3. The summed E-state index contributed by atoms with van der Waals surface area (Å²) in [4.78, 5) is 26.9. The van der Waals surface area contributed by atoms with Crippen LogP contribution < -0.4 is 21.7 Å². The fourth-order valence-corrected chi connectivity index (χ4v) is 4.99. The Labute approximate surface area is 176 Å². The quantitative estimate of drug-likeness (QED) is 0.265. The van der Waals surface area contributed by atoms with Gasteiger partial charge >= 0.3 is 0 Å². The van der Waals surface area contributed by atoms with Crippen molar-refractivity contribution in [2.24, 2.45) is 34.3 Å². The topological polar surface area (TPSA) is 99.5 Å². The molecule has 2 amide bonds. The fraction of sp³-hybridized carbons (Fsp3) is 0.909. The molecule has 4 atom stereocenters. The monoisotopic (exact) mass is 409 g/mol. The highest BCUT2D eigenvalue weighted by Crippen LogP contribution is 2.66. The molecule has 1 saturated carbocycles. The highest BCUT2D eigenvalue weighted by Gasteiger charge is 2.61. The first-order valence-electron chi connectivity index (χ1n) is 11.3. The average molecular weight is 410 g/mol. The number of hydrogen-bond acceptors (Lipinski definition) is 6. The van der Waals surface area contributed by atoms with Crippen molar-refractivity contribution in [1.29, 1.82) is 0 Å². The first-order chi connectivity index (χ1) is 13.6. The van der Waals surface area contributed by atoms with Crippen molar-refractivity contribution in [3.05, 3.63) is 0 Å². The minimum absolute atomic E-state index is 0.00527. The van der Waals surface area contributed by atoms with Crippen molar-refractivity contribution in [3.63, 3.8) is 0 Å². The van der Waals surface area contributed by atoms with Crippen LogP contribution in [0.3, 0.4) is 0 Å². The van der Waals surface area contributed by atoms with Gasteiger partial charge in [0, 0.05) is 58.8 Å². The van der Waals surface area contributed by atoms with Crippen LogP contribution in [-0.4, -0.2) is 69.1 Å². The van der Waals surface area contributed by atoms with Crippen molar-refractivity contribution in [1.82, 2.24) is 20.9 Å². The molecular formula is C22H43N5O2. The number of nitrogens with one attached hydrogen (secondary N) is 3. The van der Waals surface area contributed by atoms with Gasteiger partial charge in [-0.2, -0.15) is 0 Å². The van der Waals surface area contributed by atoms with Gasteiger partial charge in [0.1, 0.15) is 0 Å². The van der Waals surface area contributed by atoms with E-state index < -0.39 is 0 Å². The predicted molar refractivity (Wildman–Crippen MR) is 117 cm³/mol. The zero-order valence-electron chi connectivity index (χ0n) is 19.1. The number of hydrogen-bond donors (Lipinski definition) is 4. The summed E-state index contributed by atoms with van der Waals surface area (Å²) in [6.45, 7) is 17.4. The van der Waals surface area contributed by atoms with Gasteiger partial charge in [0.25, 0.3) is 0 Å². The van der Waals surface area contributed by atoms with Crippen molar-refractivity contribution in [2.75, 3.05) is 52.4 Å². The second-order valence-electron chi connectivity index (χ2n) is 10.2. The smallest absolute Gasteiger partial charge is 0.233 e. The van der Waals surface area contributed by atoms with Crippen LogP contribution in [0.5, 0.6) is 0 Å². The Kier molecular flexibility index (Phi) is 8.64. The second-order valence-corrected chi connectivity index (χ2v) is 10.2. The van der Waals surface area contributed by atoms with Crippen molar-refractivity contribution in [2.45, 2.75) is 47.5 Å². The average Bonchev–Trinajstić information content (AvgIpc) is 3.29. The molecule has 1 aliphatic carbocycles. The molecule has 0 spiro atoms. The Balaban J connectivity index is 1.68. The number of carbonyl (C=O) groups excluding carboxylic acids is 2. The molecule has 0 aromatic heterocycles. The van der Waals surface area contributed by atoms with Crippen molar-refractivity contribution < 1.29 is 9.59 Å². The molecule has 1 heterocycles. The largest absolute Gasteiger partial charge is 0.329 e. The summed E-state index contributed by atoms with van der Waals surface area (Å²) < 4.78 is 0. The third-order valence-corrected chi connectivity index (χ3v) is 7.04. The van der Waals surface area contributed by atoms with Gasteiger partial charge in [-0.25, -0.2) is 0 Å². The summed E-state index contributed by atoms with van der Waals surface area (Å²) in [5.41, 5.74) is 5.86. The highest BCUT2D eigenvalue weighted by molar-refractivity contribution is 6.03. The summed E-state index contributed by atoms with van der Waals surface area (Å²) in [6.07, 6.45) is 1.54. The van der Waals surface area contributed by atoms with Gasteiger partial charge in [-0.3, -0.25) is 14.5 Å². The molecule has 168 valence electrons. The Bertz CT molecular complexity index is 562. The van der Waals surface area contributed by atoms with E-state index in [1.165, 1.54) is 4.90 Å². The summed E-state index contributed by atoms with van der Waals surface area (Å²) in [5, 5.41) is 9.89. The van der Waals surface area contributed by atoms with Gasteiger partial charge in [-0.1, -0.05) is 34.6 Å². The molecule has 0 aromatic carbocycles.